The molecule has 2 fully saturated rings. The van der Waals surface area contributed by atoms with Gasteiger partial charge in [0.25, 0.3) is 23.0 Å². The highest BCUT2D eigenvalue weighted by atomic mass is 31.2. The molecular formula is C31H57N13O18P2+4. The lowest BCUT2D eigenvalue weighted by Crippen LogP contribution is -2.46. The van der Waals surface area contributed by atoms with Crippen LogP contribution in [0.4, 0.5) is 16.7 Å². The maximum Gasteiger partial charge on any atom is 0.472 e. The van der Waals surface area contributed by atoms with Crippen molar-refractivity contribution in [2.45, 2.75) is 75.5 Å². The number of imidazole rings is 2. The summed E-state index contributed by atoms with van der Waals surface area (Å²) in [5, 5.41) is 42.8. The first-order valence-electron chi connectivity index (χ1n) is 18.6. The number of aromatic nitrogens is 8. The molecule has 0 radical (unpaired) electrons. The lowest BCUT2D eigenvalue weighted by molar-refractivity contribution is -0.746. The Balaban J connectivity index is 0.00000449. The molecule has 31 nitrogen and oxygen atoms in total. The fourth-order valence-electron chi connectivity index (χ4n) is 6.67. The third-order valence-corrected chi connectivity index (χ3v) is 11.5. The molecule has 2 aliphatic heterocycles. The zero-order chi connectivity index (χ0) is 45.6. The highest BCUT2D eigenvalue weighted by Crippen LogP contribution is 2.45. The number of hydrogen-bond acceptors (Lipinski definition) is 20. The van der Waals surface area contributed by atoms with Crippen LogP contribution >= 0.6 is 15.6 Å². The summed E-state index contributed by atoms with van der Waals surface area (Å²) in [6.07, 6.45) is -10.1. The smallest absolute Gasteiger partial charge is 0.444 e. The van der Waals surface area contributed by atoms with Crippen LogP contribution in [0.15, 0.2) is 22.2 Å². The molecule has 4 aromatic heterocycles. The van der Waals surface area contributed by atoms with Gasteiger partial charge < -0.3 is 73.1 Å². The summed E-state index contributed by atoms with van der Waals surface area (Å²) < 4.78 is 67.8. The minimum atomic E-state index is -4.93. The number of quaternary nitrogens is 2. The number of aliphatic hydroxyl groups excluding tert-OH is 4. The summed E-state index contributed by atoms with van der Waals surface area (Å²) in [4.78, 5) is 72.4. The van der Waals surface area contributed by atoms with E-state index in [9.17, 15) is 53.7 Å². The predicted molar refractivity (Wildman–Crippen MR) is 217 cm³/mol. The van der Waals surface area contributed by atoms with Crippen LogP contribution in [-0.4, -0.2) is 152 Å². The van der Waals surface area contributed by atoms with E-state index in [0.29, 0.717) is 0 Å². The van der Waals surface area contributed by atoms with Crippen LogP contribution in [-0.2, 0) is 55.5 Å². The molecular weight excluding hydrogens is 904 g/mol. The van der Waals surface area contributed by atoms with E-state index in [0.717, 1.165) is 4.90 Å². The molecule has 64 heavy (non-hydrogen) atoms. The SMILES string of the molecule is Cn1c[n+]([C@@H]2O[C@H](COP(=O)(O)OCCN(CCOP(=O)(O)OC[C@H]3O[C@@H]([n+]4cn(C)c5c(=O)[nH]c(N)nc54)[C@H](O)[C@@H]3O)C(=O)OC(C)(C)C)[C@@H](O)[C@H]2O)c2nc(N)[nH]c(=O)c21.[NH4+].[NH4+]. The van der Waals surface area contributed by atoms with Gasteiger partial charge in [-0.25, -0.2) is 23.1 Å². The second-order valence-electron chi connectivity index (χ2n) is 15.3. The van der Waals surface area contributed by atoms with Gasteiger partial charge in [-0.1, -0.05) is 9.97 Å². The molecule has 20 N–H and O–H groups in total. The molecule has 0 saturated carbocycles. The molecule has 0 aromatic carbocycles. The number of anilines is 2. The van der Waals surface area contributed by atoms with Crippen molar-refractivity contribution in [1.82, 2.24) is 46.3 Å². The van der Waals surface area contributed by atoms with Gasteiger partial charge in [-0.15, -0.1) is 0 Å². The van der Waals surface area contributed by atoms with E-state index in [1.807, 2.05) is 0 Å². The monoisotopic (exact) mass is 961 g/mol. The average molecular weight is 962 g/mol. The number of fused-ring (bicyclic) bond motifs is 2. The molecule has 2 aliphatic rings. The number of aromatic amines is 2. The van der Waals surface area contributed by atoms with Crippen molar-refractivity contribution < 1.29 is 85.6 Å². The van der Waals surface area contributed by atoms with Crippen molar-refractivity contribution >= 4 is 56.0 Å². The number of aliphatic hydroxyl groups is 4. The van der Waals surface area contributed by atoms with Crippen LogP contribution in [0.1, 0.15) is 33.2 Å². The van der Waals surface area contributed by atoms with Gasteiger partial charge in [0.2, 0.25) is 23.5 Å². The number of aryl methyl sites for hydroxylation is 2. The fourth-order valence-corrected chi connectivity index (χ4v) is 8.11. The molecule has 0 bridgehead atoms. The van der Waals surface area contributed by atoms with E-state index >= 15 is 0 Å². The third kappa shape index (κ3) is 11.5. The Labute approximate surface area is 361 Å². The largest absolute Gasteiger partial charge is 0.472 e. The molecule has 6 heterocycles. The van der Waals surface area contributed by atoms with Gasteiger partial charge in [0, 0.05) is 13.1 Å². The highest BCUT2D eigenvalue weighted by molar-refractivity contribution is 7.47. The van der Waals surface area contributed by atoms with Crippen LogP contribution < -0.4 is 44.0 Å². The van der Waals surface area contributed by atoms with E-state index in [-0.39, 0.29) is 46.5 Å². The minimum Gasteiger partial charge on any atom is -0.444 e. The van der Waals surface area contributed by atoms with Crippen LogP contribution in [0, 0.1) is 0 Å². The molecule has 4 aromatic rings. The standard InChI is InChI=1S/C31H47N11O18P2.2H3N/c1-31(2,3)60-30(49)40(6-8-54-61(50,51)56-10-14-18(43)20(45)26(58-14)41-12-38(4)16-22(41)34-28(32)36-24(16)47)7-9-55-62(52,53)57-11-15-19(44)21(46)27(59-15)42-13-39(5)17-23(42)35-29(33)37-25(17)48;;/h12-15,18-21,26-27,43-46H,6-11H2,1-5H3,(H6-2,32,33,34,35,36,37,47,48,50,51,52,53);2*1H3/p+4/t14-,15-,18-,19-,20-,21-,26-,27-;;/m1../s1. The third-order valence-electron chi connectivity index (χ3n) is 9.49. The van der Waals surface area contributed by atoms with Crippen LogP contribution in [0.2, 0.25) is 0 Å². The van der Waals surface area contributed by atoms with E-state index in [4.69, 9.17) is 43.8 Å². The van der Waals surface area contributed by atoms with Crippen molar-refractivity contribution in [3.8, 4) is 0 Å². The van der Waals surface area contributed by atoms with Gasteiger partial charge in [0.15, 0.2) is 12.7 Å². The Bertz CT molecular complexity index is 2360. The minimum absolute atomic E-state index is 0. The maximum absolute atomic E-state index is 13.0. The number of carbonyl (C=O) groups is 1. The normalized spacial score (nSPS) is 25.4. The van der Waals surface area contributed by atoms with Crippen LogP contribution in [0.25, 0.3) is 22.3 Å². The molecule has 2 unspecified atom stereocenters. The van der Waals surface area contributed by atoms with E-state index < -0.39 is 127 Å². The number of carbonyl (C=O) groups excluding carboxylic acids is 1. The highest BCUT2D eigenvalue weighted by Gasteiger charge is 2.49. The number of rotatable bonds is 16. The number of nitrogens with zero attached hydrogens (tertiary/aromatic N) is 7. The zero-order valence-electron chi connectivity index (χ0n) is 35.8. The topological polar surface area (TPSA) is 475 Å². The lowest BCUT2D eigenvalue weighted by Gasteiger charge is -2.27. The number of nitrogens with two attached hydrogens (primary N) is 2. The van der Waals surface area contributed by atoms with Gasteiger partial charge >= 0.3 is 33.0 Å². The number of hydrogen-bond donors (Lipinski definition) is 12. The van der Waals surface area contributed by atoms with Crippen LogP contribution in [0.5, 0.6) is 0 Å². The Morgan fingerprint density at radius 2 is 1.14 bits per heavy atom. The molecule has 0 aliphatic carbocycles. The van der Waals surface area contributed by atoms with Gasteiger partial charge in [0.1, 0.15) is 42.2 Å². The number of phosphoric acid groups is 2. The number of phosphoric ester groups is 2. The van der Waals surface area contributed by atoms with Crippen molar-refractivity contribution in [2.75, 3.05) is 51.0 Å². The van der Waals surface area contributed by atoms with E-state index in [2.05, 4.69) is 19.9 Å². The summed E-state index contributed by atoms with van der Waals surface area (Å²) in [5.74, 6) is -0.441. The maximum atomic E-state index is 13.0. The van der Waals surface area contributed by atoms with Crippen molar-refractivity contribution in [3.63, 3.8) is 0 Å². The molecule has 6 rings (SSSR count). The summed E-state index contributed by atoms with van der Waals surface area (Å²) in [6, 6.07) is 0. The Kier molecular flexibility index (Phi) is 16.2. The van der Waals surface area contributed by atoms with Gasteiger partial charge in [-0.2, -0.15) is 0 Å². The molecule has 2 saturated heterocycles. The zero-order valence-corrected chi connectivity index (χ0v) is 37.6. The van der Waals surface area contributed by atoms with Crippen LogP contribution in [0.3, 0.4) is 0 Å². The first-order valence-corrected chi connectivity index (χ1v) is 21.6. The summed E-state index contributed by atoms with van der Waals surface area (Å²) in [5.41, 5.74) is 9.40. The summed E-state index contributed by atoms with van der Waals surface area (Å²) in [7, 11) is -6.81. The number of ether oxygens (including phenoxy) is 3. The van der Waals surface area contributed by atoms with Crippen molar-refractivity contribution in [3.05, 3.63) is 33.4 Å². The number of nitrogen functional groups attached to an aromatic ring is 2. The quantitative estimate of drug-likeness (QED) is 0.0388. The number of nitrogens with one attached hydrogen (secondary N) is 2. The molecule has 10 atom stereocenters. The molecule has 360 valence electrons. The first-order chi connectivity index (χ1) is 28.9. The second kappa shape index (κ2) is 19.9. The second-order valence-corrected chi connectivity index (χ2v) is 18.2. The van der Waals surface area contributed by atoms with Crippen molar-refractivity contribution in [1.29, 1.82) is 0 Å². The van der Waals surface area contributed by atoms with Crippen molar-refractivity contribution in [2.24, 2.45) is 14.1 Å². The Hall–Kier alpha value is -4.53. The summed E-state index contributed by atoms with van der Waals surface area (Å²) in [6.45, 7) is 0.971. The number of amides is 1. The molecule has 0 spiro atoms. The fraction of sp³-hybridized carbons (Fsp3) is 0.645. The lowest BCUT2D eigenvalue weighted by atomic mass is 10.1. The molecule has 33 heteroatoms. The van der Waals surface area contributed by atoms with Gasteiger partial charge in [-0.3, -0.25) is 46.8 Å². The van der Waals surface area contributed by atoms with E-state index in [1.54, 1.807) is 20.8 Å². The Morgan fingerprint density at radius 1 is 0.766 bits per heavy atom. The summed E-state index contributed by atoms with van der Waals surface area (Å²) >= 11 is 0. The predicted octanol–water partition coefficient (Wildman–Crippen LogP) is -3.23. The first kappa shape index (κ1) is 52.1. The molecule has 1 amide bonds. The Morgan fingerprint density at radius 3 is 1.50 bits per heavy atom. The number of H-pyrrole nitrogens is 2. The van der Waals surface area contributed by atoms with Gasteiger partial charge in [-0.05, 0) is 20.8 Å². The van der Waals surface area contributed by atoms with E-state index in [1.165, 1.54) is 45.0 Å². The van der Waals surface area contributed by atoms with Gasteiger partial charge in [0.05, 0.1) is 40.5 Å². The average Bonchev–Trinajstić information content (AvgIpc) is 3.85.